The minimum absolute atomic E-state index is 0.115. The Bertz CT molecular complexity index is 1440. The monoisotopic (exact) mass is 547 g/mol. The van der Waals surface area contributed by atoms with Gasteiger partial charge in [-0.1, -0.05) is 35.9 Å². The lowest BCUT2D eigenvalue weighted by atomic mass is 9.91. The van der Waals surface area contributed by atoms with Crippen molar-refractivity contribution in [2.75, 3.05) is 10.6 Å². The van der Waals surface area contributed by atoms with E-state index in [4.69, 9.17) is 21.3 Å². The number of aromatic nitrogens is 4. The van der Waals surface area contributed by atoms with Crippen LogP contribution in [0.1, 0.15) is 52.0 Å². The van der Waals surface area contributed by atoms with Crippen molar-refractivity contribution in [1.82, 2.24) is 24.7 Å². The number of amides is 1. The second kappa shape index (κ2) is 11.5. The van der Waals surface area contributed by atoms with Crippen LogP contribution >= 0.6 is 11.6 Å². The lowest BCUT2D eigenvalue weighted by Crippen LogP contribution is -2.42. The predicted octanol–water partition coefficient (Wildman–Crippen LogP) is 6.30. The highest BCUT2D eigenvalue weighted by Crippen LogP contribution is 2.27. The summed E-state index contributed by atoms with van der Waals surface area (Å²) in [5.74, 6) is 1.49. The van der Waals surface area contributed by atoms with Crippen LogP contribution in [0.25, 0.3) is 17.0 Å². The molecule has 0 spiro atoms. The van der Waals surface area contributed by atoms with Crippen LogP contribution in [-0.4, -0.2) is 43.1 Å². The smallest absolute Gasteiger partial charge is 0.407 e. The van der Waals surface area contributed by atoms with Gasteiger partial charge >= 0.3 is 6.09 Å². The number of carbonyl (C=O) groups excluding carboxylic acids is 1. The number of hydrogen-bond acceptors (Lipinski definition) is 7. The van der Waals surface area contributed by atoms with Gasteiger partial charge in [0.1, 0.15) is 11.4 Å². The number of rotatable bonds is 7. The van der Waals surface area contributed by atoms with Crippen LogP contribution in [0.3, 0.4) is 0 Å². The zero-order chi connectivity index (χ0) is 27.4. The van der Waals surface area contributed by atoms with E-state index < -0.39 is 5.60 Å². The molecule has 0 saturated heterocycles. The first-order valence-corrected chi connectivity index (χ1v) is 13.7. The summed E-state index contributed by atoms with van der Waals surface area (Å²) in [5.41, 5.74) is 2.94. The van der Waals surface area contributed by atoms with Gasteiger partial charge in [0.2, 0.25) is 0 Å². The maximum Gasteiger partial charge on any atom is 0.407 e. The van der Waals surface area contributed by atoms with Gasteiger partial charge in [-0.2, -0.15) is 0 Å². The number of pyridine rings is 1. The fourth-order valence-electron chi connectivity index (χ4n) is 4.76. The van der Waals surface area contributed by atoms with Crippen LogP contribution in [0, 0.1) is 0 Å². The number of ether oxygens (including phenoxy) is 1. The first-order valence-electron chi connectivity index (χ1n) is 13.3. The molecule has 39 heavy (non-hydrogen) atoms. The molecule has 0 unspecified atom stereocenters. The maximum atomic E-state index is 12.1. The van der Waals surface area contributed by atoms with Crippen LogP contribution in [0.5, 0.6) is 0 Å². The van der Waals surface area contributed by atoms with Gasteiger partial charge in [0.25, 0.3) is 0 Å². The second-order valence-corrected chi connectivity index (χ2v) is 11.2. The summed E-state index contributed by atoms with van der Waals surface area (Å²) in [6.45, 7) is 6.19. The molecular formula is C29H34ClN7O2. The number of carbonyl (C=O) groups is 1. The number of halogens is 1. The Labute approximate surface area is 233 Å². The molecule has 204 valence electrons. The third-order valence-electron chi connectivity index (χ3n) is 6.65. The normalized spacial score (nSPS) is 17.5. The van der Waals surface area contributed by atoms with Crippen molar-refractivity contribution in [3.63, 3.8) is 0 Å². The second-order valence-electron chi connectivity index (χ2n) is 10.8. The molecule has 1 aliphatic rings. The highest BCUT2D eigenvalue weighted by atomic mass is 35.5. The van der Waals surface area contributed by atoms with E-state index in [0.29, 0.717) is 6.54 Å². The Hall–Kier alpha value is -3.85. The Morgan fingerprint density at radius 1 is 1.05 bits per heavy atom. The number of anilines is 2. The molecule has 1 aromatic carbocycles. The lowest BCUT2D eigenvalue weighted by Gasteiger charge is -2.30. The molecule has 0 aliphatic heterocycles. The van der Waals surface area contributed by atoms with Gasteiger partial charge in [0, 0.05) is 36.0 Å². The molecule has 1 saturated carbocycles. The number of alkyl carbamates (subject to hydrolysis) is 1. The zero-order valence-electron chi connectivity index (χ0n) is 22.4. The average molecular weight is 548 g/mol. The number of imidazole rings is 1. The summed E-state index contributed by atoms with van der Waals surface area (Å²) in [6, 6.07) is 14.0. The quantitative estimate of drug-likeness (QED) is 0.249. The summed E-state index contributed by atoms with van der Waals surface area (Å²) in [4.78, 5) is 26.2. The van der Waals surface area contributed by atoms with E-state index >= 15 is 0 Å². The van der Waals surface area contributed by atoms with Crippen LogP contribution in [0.4, 0.5) is 16.4 Å². The number of nitrogens with one attached hydrogen (secondary N) is 3. The van der Waals surface area contributed by atoms with E-state index in [-0.39, 0.29) is 18.2 Å². The van der Waals surface area contributed by atoms with Crippen LogP contribution in [0.2, 0.25) is 5.02 Å². The van der Waals surface area contributed by atoms with Crippen LogP contribution in [-0.2, 0) is 11.3 Å². The molecule has 1 amide bonds. The molecule has 0 atom stereocenters. The van der Waals surface area contributed by atoms with E-state index in [9.17, 15) is 4.79 Å². The lowest BCUT2D eigenvalue weighted by molar-refractivity contribution is 0.0492. The molecule has 3 N–H and O–H groups in total. The molecule has 10 heteroatoms. The molecule has 5 rings (SSSR count). The summed E-state index contributed by atoms with van der Waals surface area (Å²) >= 11 is 6.30. The number of benzene rings is 1. The van der Waals surface area contributed by atoms with Crippen molar-refractivity contribution in [3.05, 3.63) is 71.6 Å². The minimum atomic E-state index is -0.500. The van der Waals surface area contributed by atoms with Crippen molar-refractivity contribution in [1.29, 1.82) is 0 Å². The topological polar surface area (TPSA) is 105 Å². The molecule has 3 heterocycles. The Kier molecular flexibility index (Phi) is 7.88. The van der Waals surface area contributed by atoms with Crippen molar-refractivity contribution >= 4 is 35.0 Å². The third-order valence-corrected chi connectivity index (χ3v) is 7.01. The molecule has 9 nitrogen and oxygen atoms in total. The van der Waals surface area contributed by atoms with Crippen molar-refractivity contribution in [2.45, 2.75) is 70.7 Å². The fourth-order valence-corrected chi connectivity index (χ4v) is 4.97. The van der Waals surface area contributed by atoms with Gasteiger partial charge in [-0.05, 0) is 70.2 Å². The van der Waals surface area contributed by atoms with E-state index in [1.165, 1.54) is 0 Å². The largest absolute Gasteiger partial charge is 0.444 e. The standard InChI is InChI=1S/C29H34ClN7O2/c1-29(2,3)39-28(38)35-21-13-11-20(12-14-21)34-26-27-33-18-24(37(27)16-15-31-26)23-9-6-10-25(36-23)32-17-19-7-4-5-8-22(19)30/h4-10,15-16,18,20-21H,11-14,17H2,1-3H3,(H,31,34)(H,32,36)(H,35,38). The summed E-state index contributed by atoms with van der Waals surface area (Å²) in [6.07, 6.45) is 8.71. The molecular weight excluding hydrogens is 514 g/mol. The van der Waals surface area contributed by atoms with Gasteiger partial charge in [-0.25, -0.2) is 19.7 Å². The molecule has 1 fully saturated rings. The Morgan fingerprint density at radius 3 is 2.59 bits per heavy atom. The fraction of sp³-hybridized carbons (Fsp3) is 0.379. The van der Waals surface area contributed by atoms with Crippen molar-refractivity contribution in [2.24, 2.45) is 0 Å². The van der Waals surface area contributed by atoms with Crippen molar-refractivity contribution in [3.8, 4) is 11.4 Å². The average Bonchev–Trinajstić information content (AvgIpc) is 3.34. The van der Waals surface area contributed by atoms with Gasteiger partial charge in [0.15, 0.2) is 11.5 Å². The Morgan fingerprint density at radius 2 is 1.82 bits per heavy atom. The van der Waals surface area contributed by atoms with Gasteiger partial charge in [-0.15, -0.1) is 0 Å². The summed E-state index contributed by atoms with van der Waals surface area (Å²) in [7, 11) is 0. The summed E-state index contributed by atoms with van der Waals surface area (Å²) < 4.78 is 7.40. The minimum Gasteiger partial charge on any atom is -0.444 e. The first-order chi connectivity index (χ1) is 18.7. The summed E-state index contributed by atoms with van der Waals surface area (Å²) in [5, 5.41) is 10.7. The van der Waals surface area contributed by atoms with Crippen LogP contribution < -0.4 is 16.0 Å². The van der Waals surface area contributed by atoms with E-state index in [2.05, 4.69) is 25.9 Å². The molecule has 1 aliphatic carbocycles. The number of hydrogen-bond donors (Lipinski definition) is 3. The van der Waals surface area contributed by atoms with Crippen LogP contribution in [0.15, 0.2) is 61.1 Å². The molecule has 0 radical (unpaired) electrons. The van der Waals surface area contributed by atoms with Crippen molar-refractivity contribution < 1.29 is 9.53 Å². The first kappa shape index (κ1) is 26.7. The van der Waals surface area contributed by atoms with Gasteiger partial charge in [0.05, 0.1) is 17.6 Å². The molecule has 0 bridgehead atoms. The zero-order valence-corrected chi connectivity index (χ0v) is 23.2. The molecule has 3 aromatic heterocycles. The molecule has 4 aromatic rings. The number of nitrogens with zero attached hydrogens (tertiary/aromatic N) is 4. The predicted molar refractivity (Wildman–Crippen MR) is 154 cm³/mol. The SMILES string of the molecule is CC(C)(C)OC(=O)NC1CCC(Nc2nccn3c(-c4cccc(NCc5ccccc5Cl)n4)cnc23)CC1. The third kappa shape index (κ3) is 6.78. The van der Waals surface area contributed by atoms with Gasteiger partial charge in [-0.3, -0.25) is 4.40 Å². The van der Waals surface area contributed by atoms with E-state index in [0.717, 1.165) is 64.9 Å². The maximum absolute atomic E-state index is 12.1. The highest BCUT2D eigenvalue weighted by molar-refractivity contribution is 6.31. The van der Waals surface area contributed by atoms with Gasteiger partial charge < -0.3 is 20.7 Å². The Balaban J connectivity index is 1.23. The highest BCUT2D eigenvalue weighted by Gasteiger charge is 2.25. The van der Waals surface area contributed by atoms with E-state index in [1.807, 2.05) is 80.0 Å². The van der Waals surface area contributed by atoms with E-state index in [1.54, 1.807) is 6.20 Å². The number of fused-ring (bicyclic) bond motifs is 1.